The predicted octanol–water partition coefficient (Wildman–Crippen LogP) is 16.2. The van der Waals surface area contributed by atoms with Crippen LogP contribution in [0.3, 0.4) is 0 Å². The third kappa shape index (κ3) is 19.4. The Kier molecular flexibility index (Phi) is 28.5. The molecule has 3 heteroatoms. The molecule has 0 aliphatic carbocycles. The van der Waals surface area contributed by atoms with Gasteiger partial charge >= 0.3 is 21.1 Å². The summed E-state index contributed by atoms with van der Waals surface area (Å²) in [5.41, 5.74) is 12.0. The third-order valence-corrected chi connectivity index (χ3v) is 7.15. The molecular formula is C50H73NOPt. The number of nitrogens with zero attached hydrogens (tertiary/aromatic N) is 1. The van der Waals surface area contributed by atoms with E-state index in [1.54, 1.807) is 0 Å². The van der Waals surface area contributed by atoms with Gasteiger partial charge in [0.15, 0.2) is 0 Å². The second-order valence-corrected chi connectivity index (χ2v) is 14.1. The van der Waals surface area contributed by atoms with E-state index in [1.807, 2.05) is 101 Å². The average molecular weight is 899 g/mol. The van der Waals surface area contributed by atoms with Crippen LogP contribution in [0.5, 0.6) is 0 Å². The van der Waals surface area contributed by atoms with Gasteiger partial charge in [-0.05, 0) is 65.1 Å². The van der Waals surface area contributed by atoms with Crippen LogP contribution in [-0.2, 0) is 26.5 Å². The number of aliphatic hydroxyl groups is 1. The van der Waals surface area contributed by atoms with Gasteiger partial charge in [-0.2, -0.15) is 13.8 Å². The second kappa shape index (κ2) is 28.0. The Hall–Kier alpha value is -3.48. The van der Waals surface area contributed by atoms with Crippen LogP contribution in [0.25, 0.3) is 33.5 Å². The minimum atomic E-state index is -0.0553. The van der Waals surface area contributed by atoms with Gasteiger partial charge in [-0.25, -0.2) is 0 Å². The van der Waals surface area contributed by atoms with Crippen molar-refractivity contribution in [3.63, 3.8) is 0 Å². The molecule has 1 aromatic heterocycles. The SMILES string of the molecule is C=C(C)/C=C(\C(O)=C(C)C)C(C)(C)C.CC.CC.CC.C[CH-]C.Cc1[c-]c(-c2cc(-c3ccccc3)c(-c3ccccc3)cn2)cc(C(C)(C)C)c1.[Pt+2]. The first-order valence-electron chi connectivity index (χ1n) is 19.1. The minimum absolute atomic E-state index is 0. The molecule has 0 aliphatic rings. The van der Waals surface area contributed by atoms with Crippen molar-refractivity contribution < 1.29 is 26.2 Å². The van der Waals surface area contributed by atoms with Gasteiger partial charge in [-0.15, -0.1) is 34.9 Å². The van der Waals surface area contributed by atoms with Gasteiger partial charge < -0.3 is 16.5 Å². The van der Waals surface area contributed by atoms with Crippen molar-refractivity contribution in [3.05, 3.63) is 144 Å². The molecular weight excluding hydrogens is 826 g/mol. The number of rotatable bonds is 5. The molecule has 0 amide bonds. The van der Waals surface area contributed by atoms with Gasteiger partial charge in [0.1, 0.15) is 5.76 Å². The zero-order valence-corrected chi connectivity index (χ0v) is 38.9. The number of allylic oxidation sites excluding steroid dienone is 4. The molecule has 0 bridgehead atoms. The normalized spacial score (nSPS) is 10.3. The summed E-state index contributed by atoms with van der Waals surface area (Å²) in [7, 11) is 0. The molecule has 0 atom stereocenters. The fourth-order valence-electron chi connectivity index (χ4n) is 4.75. The Morgan fingerprint density at radius 3 is 1.55 bits per heavy atom. The summed E-state index contributed by atoms with van der Waals surface area (Å²) in [5, 5.41) is 9.94. The van der Waals surface area contributed by atoms with Gasteiger partial charge in [0.2, 0.25) is 0 Å². The van der Waals surface area contributed by atoms with Crippen molar-refractivity contribution in [3.8, 4) is 33.5 Å². The van der Waals surface area contributed by atoms with E-state index in [0.29, 0.717) is 5.76 Å². The molecule has 0 unspecified atom stereocenters. The summed E-state index contributed by atoms with van der Waals surface area (Å²) in [6, 6.07) is 31.2. The standard InChI is InChI=1S/C28H26N.C13H22O.C3H7.3C2H6.Pt/c1-20-15-23(17-24(16-20)28(2,3)4)27-18-25(21-11-7-5-8-12-21)26(19-29-27)22-13-9-6-10-14-22;1-9(2)8-11(13(5,6)7)12(14)10(3)4;1-3-2;3*1-2;/h5-14,16-19H,1-4H3;8,14H,1H2,2-7H3;3H,1-2H3;3*1-2H3;/q-1;;-1;;;;+2/b;11-8+;;;;;. The molecule has 3 aromatic carbocycles. The van der Waals surface area contributed by atoms with Gasteiger partial charge in [0, 0.05) is 11.8 Å². The molecule has 53 heavy (non-hydrogen) atoms. The van der Waals surface area contributed by atoms with Crippen molar-refractivity contribution >= 4 is 0 Å². The molecule has 4 rings (SSSR count). The maximum absolute atomic E-state index is 9.94. The predicted molar refractivity (Wildman–Crippen MR) is 236 cm³/mol. The van der Waals surface area contributed by atoms with Crippen molar-refractivity contribution in [2.45, 2.75) is 130 Å². The van der Waals surface area contributed by atoms with Gasteiger partial charge in [0.25, 0.3) is 0 Å². The van der Waals surface area contributed by atoms with Crippen molar-refractivity contribution in [2.24, 2.45) is 5.41 Å². The van der Waals surface area contributed by atoms with Gasteiger partial charge in [-0.1, -0.05) is 175 Å². The van der Waals surface area contributed by atoms with Gasteiger partial charge in [0.05, 0.1) is 0 Å². The Morgan fingerprint density at radius 1 is 0.736 bits per heavy atom. The molecule has 2 nitrogen and oxygen atoms in total. The molecule has 294 valence electrons. The monoisotopic (exact) mass is 899 g/mol. The number of aliphatic hydroxyl groups excluding tert-OH is 1. The summed E-state index contributed by atoms with van der Waals surface area (Å²) in [4.78, 5) is 4.84. The maximum Gasteiger partial charge on any atom is 2.00 e. The van der Waals surface area contributed by atoms with Crippen LogP contribution in [0.2, 0.25) is 0 Å². The molecule has 0 fully saturated rings. The molecule has 0 spiro atoms. The first kappa shape index (κ1) is 53.9. The smallest absolute Gasteiger partial charge is 0.508 e. The topological polar surface area (TPSA) is 33.1 Å². The van der Waals surface area contributed by atoms with E-state index in [-0.39, 0.29) is 31.9 Å². The Balaban J connectivity index is -0.000000883. The van der Waals surface area contributed by atoms with Crippen LogP contribution < -0.4 is 0 Å². The van der Waals surface area contributed by atoms with Crippen LogP contribution in [0.4, 0.5) is 0 Å². The maximum atomic E-state index is 9.94. The number of hydrogen-bond donors (Lipinski definition) is 1. The Bertz CT molecular complexity index is 1630. The number of pyridine rings is 1. The van der Waals surface area contributed by atoms with E-state index in [1.165, 1.54) is 22.3 Å². The third-order valence-electron chi connectivity index (χ3n) is 7.15. The number of aromatic nitrogens is 1. The fourth-order valence-corrected chi connectivity index (χ4v) is 4.75. The fraction of sp³-hybridized carbons (Fsp3) is 0.400. The quantitative estimate of drug-likeness (QED) is 0.123. The van der Waals surface area contributed by atoms with Gasteiger partial charge in [-0.3, -0.25) is 0 Å². The van der Waals surface area contributed by atoms with Crippen molar-refractivity contribution in [2.75, 3.05) is 0 Å². The van der Waals surface area contributed by atoms with Crippen molar-refractivity contribution in [1.82, 2.24) is 4.98 Å². The molecule has 4 aromatic rings. The van der Waals surface area contributed by atoms with E-state index in [4.69, 9.17) is 4.98 Å². The number of hydrogen-bond acceptors (Lipinski definition) is 2. The summed E-state index contributed by atoms with van der Waals surface area (Å²) in [5.74, 6) is 0.389. The largest absolute Gasteiger partial charge is 2.00 e. The van der Waals surface area contributed by atoms with E-state index in [9.17, 15) is 5.11 Å². The van der Waals surface area contributed by atoms with E-state index in [0.717, 1.165) is 39.1 Å². The Labute approximate surface area is 342 Å². The molecule has 0 saturated heterocycles. The van der Waals surface area contributed by atoms with Crippen LogP contribution in [-0.4, -0.2) is 10.1 Å². The van der Waals surface area contributed by atoms with Crippen LogP contribution in [0.1, 0.15) is 129 Å². The Morgan fingerprint density at radius 2 is 1.17 bits per heavy atom. The summed E-state index contributed by atoms with van der Waals surface area (Å²) >= 11 is 0. The van der Waals surface area contributed by atoms with Crippen LogP contribution in [0, 0.1) is 24.8 Å². The number of aryl methyl sites for hydroxylation is 1. The zero-order valence-electron chi connectivity index (χ0n) is 36.7. The van der Waals surface area contributed by atoms with Crippen molar-refractivity contribution in [1.29, 1.82) is 0 Å². The molecule has 1 N–H and O–H groups in total. The molecule has 0 saturated carbocycles. The summed E-state index contributed by atoms with van der Waals surface area (Å²) in [6.45, 7) is 40.7. The number of benzene rings is 3. The molecule has 1 heterocycles. The molecule has 0 aliphatic heterocycles. The van der Waals surface area contributed by atoms with E-state index < -0.39 is 0 Å². The summed E-state index contributed by atoms with van der Waals surface area (Å²) in [6.07, 6.45) is 5.95. The van der Waals surface area contributed by atoms with Crippen LogP contribution >= 0.6 is 0 Å². The van der Waals surface area contributed by atoms with Crippen LogP contribution in [0.15, 0.2) is 120 Å². The first-order chi connectivity index (χ1) is 24.5. The first-order valence-corrected chi connectivity index (χ1v) is 19.1. The minimum Gasteiger partial charge on any atom is -0.508 e. The second-order valence-electron chi connectivity index (χ2n) is 14.1. The molecule has 0 radical (unpaired) electrons. The van der Waals surface area contributed by atoms with E-state index in [2.05, 4.69) is 134 Å². The zero-order chi connectivity index (χ0) is 40.7. The van der Waals surface area contributed by atoms with E-state index >= 15 is 0 Å². The summed E-state index contributed by atoms with van der Waals surface area (Å²) < 4.78 is 0. The average Bonchev–Trinajstić information content (AvgIpc) is 3.13.